The van der Waals surface area contributed by atoms with E-state index in [4.69, 9.17) is 15.2 Å². The molecule has 0 radical (unpaired) electrons. The lowest BCUT2D eigenvalue weighted by atomic mass is 10.1. The first-order valence-corrected chi connectivity index (χ1v) is 5.57. The van der Waals surface area contributed by atoms with Crippen LogP contribution >= 0.6 is 0 Å². The van der Waals surface area contributed by atoms with E-state index in [1.807, 2.05) is 0 Å². The molecule has 0 saturated carbocycles. The summed E-state index contributed by atoms with van der Waals surface area (Å²) in [5.74, 6) is 0.00412. The van der Waals surface area contributed by atoms with Crippen molar-refractivity contribution in [3.63, 3.8) is 0 Å². The quantitative estimate of drug-likeness (QED) is 0.591. The van der Waals surface area contributed by atoms with Crippen LogP contribution in [0.4, 0.5) is 0 Å². The number of rotatable bonds is 7. The number of nitrogens with two attached hydrogens (primary N) is 1. The first kappa shape index (κ1) is 14.0. The van der Waals surface area contributed by atoms with Gasteiger partial charge in [-0.05, 0) is 17.7 Å². The molecule has 0 heterocycles. The van der Waals surface area contributed by atoms with Crippen LogP contribution < -0.4 is 10.5 Å². The fourth-order valence-corrected chi connectivity index (χ4v) is 1.34. The van der Waals surface area contributed by atoms with Gasteiger partial charge in [0.15, 0.2) is 0 Å². The molecule has 0 unspecified atom stereocenters. The Bertz CT molecular complexity index is 441. The highest BCUT2D eigenvalue weighted by Crippen LogP contribution is 2.21. The summed E-state index contributed by atoms with van der Waals surface area (Å²) in [6.07, 6.45) is 3.12. The summed E-state index contributed by atoms with van der Waals surface area (Å²) in [6.45, 7) is 7.91. The Morgan fingerprint density at radius 1 is 1.28 bits per heavy atom. The monoisotopic (exact) mass is 247 g/mol. The maximum absolute atomic E-state index is 11.8. The number of esters is 1. The molecule has 96 valence electrons. The standard InChI is InChI=1S/C14H17NO3/c1-3-7-17-13-9-11(10-15)5-6-12(13)14(16)18-8-4-2/h3-6,9H,1-2,7-8,10,15H2. The highest BCUT2D eigenvalue weighted by molar-refractivity contribution is 5.92. The summed E-state index contributed by atoms with van der Waals surface area (Å²) in [4.78, 5) is 11.8. The zero-order chi connectivity index (χ0) is 13.4. The van der Waals surface area contributed by atoms with E-state index in [0.29, 0.717) is 24.5 Å². The van der Waals surface area contributed by atoms with Crippen LogP contribution in [0.1, 0.15) is 15.9 Å². The van der Waals surface area contributed by atoms with Crippen LogP contribution in [0.5, 0.6) is 5.75 Å². The molecule has 0 saturated heterocycles. The predicted octanol–water partition coefficient (Wildman–Crippen LogP) is 2.05. The minimum Gasteiger partial charge on any atom is -0.489 e. The average molecular weight is 247 g/mol. The lowest BCUT2D eigenvalue weighted by molar-refractivity contribution is 0.0545. The van der Waals surface area contributed by atoms with Gasteiger partial charge in [0.1, 0.15) is 24.5 Å². The van der Waals surface area contributed by atoms with E-state index >= 15 is 0 Å². The third-order valence-electron chi connectivity index (χ3n) is 2.19. The van der Waals surface area contributed by atoms with Crippen molar-refractivity contribution >= 4 is 5.97 Å². The van der Waals surface area contributed by atoms with Gasteiger partial charge < -0.3 is 15.2 Å². The molecule has 0 atom stereocenters. The SMILES string of the molecule is C=CCOC(=O)c1ccc(CN)cc1OCC=C. The van der Waals surface area contributed by atoms with Gasteiger partial charge >= 0.3 is 5.97 Å². The smallest absolute Gasteiger partial charge is 0.342 e. The van der Waals surface area contributed by atoms with Crippen molar-refractivity contribution in [3.05, 3.63) is 54.6 Å². The Morgan fingerprint density at radius 2 is 2.00 bits per heavy atom. The Hall–Kier alpha value is -2.07. The Balaban J connectivity index is 2.96. The highest BCUT2D eigenvalue weighted by atomic mass is 16.5. The summed E-state index contributed by atoms with van der Waals surface area (Å²) in [5.41, 5.74) is 6.80. The molecule has 0 aliphatic carbocycles. The summed E-state index contributed by atoms with van der Waals surface area (Å²) in [7, 11) is 0. The lowest BCUT2D eigenvalue weighted by Gasteiger charge is -2.11. The van der Waals surface area contributed by atoms with Crippen molar-refractivity contribution in [2.24, 2.45) is 5.73 Å². The van der Waals surface area contributed by atoms with Gasteiger partial charge in [0.05, 0.1) is 0 Å². The van der Waals surface area contributed by atoms with Crippen LogP contribution in [0.2, 0.25) is 0 Å². The molecule has 4 heteroatoms. The molecule has 18 heavy (non-hydrogen) atoms. The van der Waals surface area contributed by atoms with Crippen LogP contribution in [-0.2, 0) is 11.3 Å². The molecule has 0 spiro atoms. The van der Waals surface area contributed by atoms with Crippen molar-refractivity contribution in [2.75, 3.05) is 13.2 Å². The molecule has 1 aromatic carbocycles. The lowest BCUT2D eigenvalue weighted by Crippen LogP contribution is -2.09. The Morgan fingerprint density at radius 3 is 2.61 bits per heavy atom. The topological polar surface area (TPSA) is 61.5 Å². The predicted molar refractivity (Wildman–Crippen MR) is 70.5 cm³/mol. The highest BCUT2D eigenvalue weighted by Gasteiger charge is 2.14. The largest absolute Gasteiger partial charge is 0.489 e. The second-order valence-electron chi connectivity index (χ2n) is 3.52. The normalized spacial score (nSPS) is 9.61. The van der Waals surface area contributed by atoms with Gasteiger partial charge in [-0.25, -0.2) is 4.79 Å². The van der Waals surface area contributed by atoms with Gasteiger partial charge in [0.25, 0.3) is 0 Å². The number of benzene rings is 1. The van der Waals surface area contributed by atoms with Crippen LogP contribution in [0.15, 0.2) is 43.5 Å². The zero-order valence-corrected chi connectivity index (χ0v) is 10.2. The molecular formula is C14H17NO3. The van der Waals surface area contributed by atoms with Crippen LogP contribution in [0.25, 0.3) is 0 Å². The number of hydrogen-bond donors (Lipinski definition) is 1. The number of carbonyl (C=O) groups is 1. The summed E-state index contributed by atoms with van der Waals surface area (Å²) < 4.78 is 10.4. The zero-order valence-electron chi connectivity index (χ0n) is 10.2. The molecule has 2 N–H and O–H groups in total. The van der Waals surface area contributed by atoms with E-state index in [-0.39, 0.29) is 6.61 Å². The number of carbonyl (C=O) groups excluding carboxylic acids is 1. The maximum atomic E-state index is 11.8. The Kier molecular flexibility index (Phi) is 5.67. The van der Waals surface area contributed by atoms with E-state index in [1.165, 1.54) is 6.08 Å². The summed E-state index contributed by atoms with van der Waals surface area (Å²) in [5, 5.41) is 0. The van der Waals surface area contributed by atoms with Crippen LogP contribution in [-0.4, -0.2) is 19.2 Å². The molecule has 0 aliphatic heterocycles. The first-order valence-electron chi connectivity index (χ1n) is 5.57. The fraction of sp³-hybridized carbons (Fsp3) is 0.214. The van der Waals surface area contributed by atoms with Crippen molar-refractivity contribution < 1.29 is 14.3 Å². The minimum atomic E-state index is -0.447. The molecule has 0 aromatic heterocycles. The van der Waals surface area contributed by atoms with Crippen molar-refractivity contribution in [3.8, 4) is 5.75 Å². The fourth-order valence-electron chi connectivity index (χ4n) is 1.34. The summed E-state index contributed by atoms with van der Waals surface area (Å²) >= 11 is 0. The number of hydrogen-bond acceptors (Lipinski definition) is 4. The van der Waals surface area contributed by atoms with Gasteiger partial charge in [-0.1, -0.05) is 31.4 Å². The van der Waals surface area contributed by atoms with Crippen molar-refractivity contribution in [2.45, 2.75) is 6.54 Å². The van der Waals surface area contributed by atoms with Gasteiger partial charge in [0, 0.05) is 6.54 Å². The van der Waals surface area contributed by atoms with Gasteiger partial charge in [-0.3, -0.25) is 0 Å². The molecule has 0 amide bonds. The molecule has 0 bridgehead atoms. The first-order chi connectivity index (χ1) is 8.72. The van der Waals surface area contributed by atoms with Gasteiger partial charge in [0.2, 0.25) is 0 Å². The third-order valence-corrected chi connectivity index (χ3v) is 2.19. The Labute approximate surface area is 107 Å². The molecule has 1 rings (SSSR count). The van der Waals surface area contributed by atoms with Crippen molar-refractivity contribution in [1.82, 2.24) is 0 Å². The van der Waals surface area contributed by atoms with Crippen molar-refractivity contribution in [1.29, 1.82) is 0 Å². The summed E-state index contributed by atoms with van der Waals surface area (Å²) in [6, 6.07) is 5.14. The van der Waals surface area contributed by atoms with Crippen LogP contribution in [0.3, 0.4) is 0 Å². The van der Waals surface area contributed by atoms with E-state index < -0.39 is 5.97 Å². The second kappa shape index (κ2) is 7.29. The van der Waals surface area contributed by atoms with E-state index in [2.05, 4.69) is 13.2 Å². The van der Waals surface area contributed by atoms with Crippen LogP contribution in [0, 0.1) is 0 Å². The molecule has 0 fully saturated rings. The third kappa shape index (κ3) is 3.75. The number of ether oxygens (including phenoxy) is 2. The molecule has 4 nitrogen and oxygen atoms in total. The maximum Gasteiger partial charge on any atom is 0.342 e. The van der Waals surface area contributed by atoms with E-state index in [9.17, 15) is 4.79 Å². The molecule has 1 aromatic rings. The second-order valence-corrected chi connectivity index (χ2v) is 3.52. The average Bonchev–Trinajstić information content (AvgIpc) is 2.42. The molecule has 0 aliphatic rings. The van der Waals surface area contributed by atoms with Gasteiger partial charge in [-0.15, -0.1) is 0 Å². The van der Waals surface area contributed by atoms with E-state index in [1.54, 1.807) is 24.3 Å². The van der Waals surface area contributed by atoms with E-state index in [0.717, 1.165) is 5.56 Å². The minimum absolute atomic E-state index is 0.165. The molecular weight excluding hydrogens is 230 g/mol. The van der Waals surface area contributed by atoms with Gasteiger partial charge in [-0.2, -0.15) is 0 Å².